The highest BCUT2D eigenvalue weighted by Gasteiger charge is 2.26. The molecule has 5 N–H and O–H groups in total. The SMILES string of the molecule is NC(=O)[C@H](CO)NC(=O)[C@H](NC(=O)C[O])c1ccccc1. The summed E-state index contributed by atoms with van der Waals surface area (Å²) in [5.74, 6) is -2.52. The van der Waals surface area contributed by atoms with Crippen molar-refractivity contribution in [3.05, 3.63) is 35.9 Å². The lowest BCUT2D eigenvalue weighted by Gasteiger charge is -2.20. The molecule has 0 unspecified atom stereocenters. The fraction of sp³-hybridized carbons (Fsp3) is 0.308. The average Bonchev–Trinajstić information content (AvgIpc) is 2.50. The molecule has 3 amide bonds. The normalized spacial score (nSPS) is 13.0. The Morgan fingerprint density at radius 1 is 1.14 bits per heavy atom. The Balaban J connectivity index is 2.93. The van der Waals surface area contributed by atoms with Crippen molar-refractivity contribution < 1.29 is 24.6 Å². The molecular weight excluding hydrogens is 278 g/mol. The van der Waals surface area contributed by atoms with Gasteiger partial charge in [-0.05, 0) is 5.56 Å². The Labute approximate surface area is 120 Å². The van der Waals surface area contributed by atoms with Crippen LogP contribution in [0.25, 0.3) is 0 Å². The Morgan fingerprint density at radius 2 is 1.76 bits per heavy atom. The van der Waals surface area contributed by atoms with Gasteiger partial charge in [-0.2, -0.15) is 0 Å². The minimum absolute atomic E-state index is 0.429. The third kappa shape index (κ3) is 4.86. The maximum absolute atomic E-state index is 12.1. The second kappa shape index (κ2) is 7.98. The van der Waals surface area contributed by atoms with E-state index in [1.807, 2.05) is 0 Å². The van der Waals surface area contributed by atoms with E-state index in [0.717, 1.165) is 0 Å². The maximum atomic E-state index is 12.1. The first-order valence-electron chi connectivity index (χ1n) is 6.12. The predicted molar refractivity (Wildman–Crippen MR) is 71.1 cm³/mol. The van der Waals surface area contributed by atoms with E-state index in [0.29, 0.717) is 5.56 Å². The Hall–Kier alpha value is -2.45. The zero-order valence-corrected chi connectivity index (χ0v) is 11.1. The molecule has 1 radical (unpaired) electrons. The van der Waals surface area contributed by atoms with Gasteiger partial charge in [0, 0.05) is 0 Å². The van der Waals surface area contributed by atoms with Gasteiger partial charge in [0.05, 0.1) is 6.61 Å². The summed E-state index contributed by atoms with van der Waals surface area (Å²) in [5, 5.41) is 24.0. The van der Waals surface area contributed by atoms with Crippen LogP contribution in [-0.4, -0.2) is 42.1 Å². The van der Waals surface area contributed by atoms with Crippen molar-refractivity contribution in [3.63, 3.8) is 0 Å². The summed E-state index contributed by atoms with van der Waals surface area (Å²) < 4.78 is 0. The van der Waals surface area contributed by atoms with Gasteiger partial charge in [0.25, 0.3) is 0 Å². The molecule has 0 saturated carbocycles. The number of nitrogens with two attached hydrogens (primary N) is 1. The molecule has 0 fully saturated rings. The number of aliphatic hydroxyl groups is 1. The first-order valence-corrected chi connectivity index (χ1v) is 6.12. The van der Waals surface area contributed by atoms with Crippen molar-refractivity contribution in [1.29, 1.82) is 0 Å². The number of amides is 3. The lowest BCUT2D eigenvalue weighted by atomic mass is 10.1. The summed E-state index contributed by atoms with van der Waals surface area (Å²) in [4.78, 5) is 34.4. The van der Waals surface area contributed by atoms with Gasteiger partial charge >= 0.3 is 0 Å². The van der Waals surface area contributed by atoms with E-state index >= 15 is 0 Å². The van der Waals surface area contributed by atoms with Crippen molar-refractivity contribution in [2.24, 2.45) is 5.73 Å². The number of primary amides is 1. The number of benzene rings is 1. The molecule has 1 aromatic rings. The van der Waals surface area contributed by atoms with E-state index in [4.69, 9.17) is 10.8 Å². The van der Waals surface area contributed by atoms with Crippen LogP contribution in [0.15, 0.2) is 30.3 Å². The molecule has 0 bridgehead atoms. The van der Waals surface area contributed by atoms with Crippen molar-refractivity contribution >= 4 is 17.7 Å². The van der Waals surface area contributed by atoms with Crippen molar-refractivity contribution in [1.82, 2.24) is 10.6 Å². The summed E-state index contributed by atoms with van der Waals surface area (Å²) in [5.41, 5.74) is 5.44. The Morgan fingerprint density at radius 3 is 2.24 bits per heavy atom. The number of carbonyl (C=O) groups is 3. The molecule has 0 saturated heterocycles. The van der Waals surface area contributed by atoms with E-state index in [1.165, 1.54) is 0 Å². The molecule has 8 heteroatoms. The van der Waals surface area contributed by atoms with Crippen LogP contribution in [0.3, 0.4) is 0 Å². The van der Waals surface area contributed by atoms with Gasteiger partial charge in [0.2, 0.25) is 17.7 Å². The molecule has 8 nitrogen and oxygen atoms in total. The van der Waals surface area contributed by atoms with E-state index in [2.05, 4.69) is 10.6 Å². The lowest BCUT2D eigenvalue weighted by Crippen LogP contribution is -2.51. The molecule has 0 aliphatic carbocycles. The molecule has 0 spiro atoms. The summed E-state index contributed by atoms with van der Waals surface area (Å²) in [6.45, 7) is -1.70. The summed E-state index contributed by atoms with van der Waals surface area (Å²) in [6, 6.07) is 5.75. The summed E-state index contributed by atoms with van der Waals surface area (Å²) >= 11 is 0. The van der Waals surface area contributed by atoms with Gasteiger partial charge in [-0.1, -0.05) is 30.3 Å². The number of aliphatic hydroxyl groups excluding tert-OH is 1. The van der Waals surface area contributed by atoms with Crippen LogP contribution in [0.1, 0.15) is 11.6 Å². The maximum Gasteiger partial charge on any atom is 0.250 e. The summed E-state index contributed by atoms with van der Waals surface area (Å²) in [7, 11) is 0. The van der Waals surface area contributed by atoms with Crippen LogP contribution in [-0.2, 0) is 19.5 Å². The second-order valence-electron chi connectivity index (χ2n) is 4.20. The molecule has 0 aliphatic heterocycles. The Bertz CT molecular complexity index is 506. The molecule has 0 heterocycles. The highest BCUT2D eigenvalue weighted by Crippen LogP contribution is 2.13. The third-order valence-electron chi connectivity index (χ3n) is 2.67. The van der Waals surface area contributed by atoms with E-state index in [1.54, 1.807) is 30.3 Å². The third-order valence-corrected chi connectivity index (χ3v) is 2.67. The van der Waals surface area contributed by atoms with Gasteiger partial charge in [-0.3, -0.25) is 14.4 Å². The van der Waals surface area contributed by atoms with Crippen LogP contribution in [0.4, 0.5) is 0 Å². The fourth-order valence-corrected chi connectivity index (χ4v) is 1.61. The monoisotopic (exact) mass is 294 g/mol. The number of rotatable bonds is 7. The molecular formula is C13H16N3O5. The van der Waals surface area contributed by atoms with Gasteiger partial charge in [0.15, 0.2) is 6.61 Å². The van der Waals surface area contributed by atoms with E-state index in [9.17, 15) is 19.5 Å². The fourth-order valence-electron chi connectivity index (χ4n) is 1.61. The topological polar surface area (TPSA) is 141 Å². The first-order chi connectivity index (χ1) is 9.99. The lowest BCUT2D eigenvalue weighted by molar-refractivity contribution is -0.133. The van der Waals surface area contributed by atoms with Gasteiger partial charge in [-0.15, -0.1) is 0 Å². The molecule has 21 heavy (non-hydrogen) atoms. The largest absolute Gasteiger partial charge is 0.394 e. The number of hydrogen-bond acceptors (Lipinski definition) is 4. The molecule has 2 atom stereocenters. The van der Waals surface area contributed by atoms with E-state index < -0.39 is 43.0 Å². The molecule has 113 valence electrons. The van der Waals surface area contributed by atoms with Crippen LogP contribution in [0.2, 0.25) is 0 Å². The van der Waals surface area contributed by atoms with E-state index in [-0.39, 0.29) is 0 Å². The van der Waals surface area contributed by atoms with Gasteiger partial charge in [-0.25, -0.2) is 5.11 Å². The number of hydrogen-bond donors (Lipinski definition) is 4. The van der Waals surface area contributed by atoms with Crippen LogP contribution in [0.5, 0.6) is 0 Å². The predicted octanol–water partition coefficient (Wildman–Crippen LogP) is -1.76. The van der Waals surface area contributed by atoms with Crippen LogP contribution >= 0.6 is 0 Å². The standard InChI is InChI=1S/C13H16N3O5/c14-12(20)9(6-17)15-13(21)11(16-10(19)7-18)8-4-2-1-3-5-8/h1-5,9,11,17H,6-7H2,(H2,14,20)(H,15,21)(H,16,19)/t9-,11+/m0/s1. The Kier molecular flexibility index (Phi) is 6.31. The zero-order chi connectivity index (χ0) is 15.8. The summed E-state index contributed by atoms with van der Waals surface area (Å²) in [6.07, 6.45) is 0. The van der Waals surface area contributed by atoms with Crippen molar-refractivity contribution in [2.75, 3.05) is 13.2 Å². The minimum atomic E-state index is -1.27. The van der Waals surface area contributed by atoms with Crippen LogP contribution in [0, 0.1) is 0 Å². The van der Waals surface area contributed by atoms with Crippen LogP contribution < -0.4 is 16.4 Å². The number of carbonyl (C=O) groups excluding carboxylic acids is 3. The quantitative estimate of drug-likeness (QED) is 0.472. The molecule has 1 rings (SSSR count). The zero-order valence-electron chi connectivity index (χ0n) is 11.1. The first kappa shape index (κ1) is 16.6. The molecule has 0 aliphatic rings. The van der Waals surface area contributed by atoms with Crippen molar-refractivity contribution in [3.8, 4) is 0 Å². The van der Waals surface area contributed by atoms with Gasteiger partial charge < -0.3 is 21.5 Å². The molecule has 1 aromatic carbocycles. The molecule has 0 aromatic heterocycles. The minimum Gasteiger partial charge on any atom is -0.394 e. The van der Waals surface area contributed by atoms with Gasteiger partial charge in [0.1, 0.15) is 12.1 Å². The highest BCUT2D eigenvalue weighted by atomic mass is 16.3. The average molecular weight is 294 g/mol. The number of nitrogens with one attached hydrogen (secondary N) is 2. The highest BCUT2D eigenvalue weighted by molar-refractivity contribution is 5.92. The van der Waals surface area contributed by atoms with Crippen molar-refractivity contribution in [2.45, 2.75) is 12.1 Å². The smallest absolute Gasteiger partial charge is 0.250 e. The second-order valence-corrected chi connectivity index (χ2v) is 4.20.